The Balaban J connectivity index is 2.26. The van der Waals surface area contributed by atoms with Crippen molar-refractivity contribution >= 4 is 5.69 Å². The highest BCUT2D eigenvalue weighted by Gasteiger charge is 2.13. The third kappa shape index (κ3) is 2.91. The predicted molar refractivity (Wildman–Crippen MR) is 71.6 cm³/mol. The molecular weight excluding hydrogens is 212 g/mol. The van der Waals surface area contributed by atoms with Gasteiger partial charge < -0.3 is 15.4 Å². The molecule has 1 aliphatic heterocycles. The van der Waals surface area contributed by atoms with Crippen molar-refractivity contribution < 1.29 is 4.74 Å². The van der Waals surface area contributed by atoms with E-state index in [9.17, 15) is 0 Å². The van der Waals surface area contributed by atoms with Gasteiger partial charge in [0.2, 0.25) is 0 Å². The molecule has 3 nitrogen and oxygen atoms in total. The lowest BCUT2D eigenvalue weighted by molar-refractivity contribution is 0.414. The molecule has 0 bridgehead atoms. The van der Waals surface area contributed by atoms with Crippen molar-refractivity contribution in [2.24, 2.45) is 5.73 Å². The summed E-state index contributed by atoms with van der Waals surface area (Å²) >= 11 is 0. The Bertz CT molecular complexity index is 357. The lowest BCUT2D eigenvalue weighted by atomic mass is 10.1. The van der Waals surface area contributed by atoms with Crippen LogP contribution in [-0.2, 0) is 6.54 Å². The number of benzene rings is 1. The maximum Gasteiger partial charge on any atom is 0.120 e. The Labute approximate surface area is 104 Å². The lowest BCUT2D eigenvalue weighted by Gasteiger charge is -2.25. The summed E-state index contributed by atoms with van der Waals surface area (Å²) in [6, 6.07) is 6.19. The summed E-state index contributed by atoms with van der Waals surface area (Å²) in [6.07, 6.45) is 5.25. The Hall–Kier alpha value is -1.22. The van der Waals surface area contributed by atoms with Gasteiger partial charge >= 0.3 is 0 Å². The molecule has 0 amide bonds. The average molecular weight is 234 g/mol. The van der Waals surface area contributed by atoms with E-state index in [1.165, 1.54) is 36.9 Å². The van der Waals surface area contributed by atoms with Crippen LogP contribution in [0.1, 0.15) is 31.2 Å². The zero-order valence-corrected chi connectivity index (χ0v) is 10.6. The molecule has 2 N–H and O–H groups in total. The molecule has 94 valence electrons. The normalized spacial score (nSPS) is 16.7. The Morgan fingerprint density at radius 3 is 2.47 bits per heavy atom. The number of methoxy groups -OCH3 is 1. The first kappa shape index (κ1) is 12.2. The molecule has 1 heterocycles. The van der Waals surface area contributed by atoms with Crippen LogP contribution in [0, 0.1) is 0 Å². The number of hydrogen-bond donors (Lipinski definition) is 1. The average Bonchev–Trinajstić information content (AvgIpc) is 2.66. The van der Waals surface area contributed by atoms with Crippen LogP contribution < -0.4 is 15.4 Å². The number of hydrogen-bond acceptors (Lipinski definition) is 3. The molecule has 17 heavy (non-hydrogen) atoms. The molecule has 3 heteroatoms. The second-order valence-corrected chi connectivity index (χ2v) is 4.60. The fraction of sp³-hybridized carbons (Fsp3) is 0.571. The third-order valence-corrected chi connectivity index (χ3v) is 3.46. The monoisotopic (exact) mass is 234 g/mol. The van der Waals surface area contributed by atoms with E-state index in [4.69, 9.17) is 10.5 Å². The Kier molecular flexibility index (Phi) is 4.26. The van der Waals surface area contributed by atoms with Gasteiger partial charge in [-0.05, 0) is 24.5 Å². The number of anilines is 1. The van der Waals surface area contributed by atoms with Crippen molar-refractivity contribution in [3.8, 4) is 5.75 Å². The topological polar surface area (TPSA) is 38.5 Å². The van der Waals surface area contributed by atoms with Crippen molar-refractivity contribution in [3.63, 3.8) is 0 Å². The largest absolute Gasteiger partial charge is 0.497 e. The Morgan fingerprint density at radius 2 is 1.88 bits per heavy atom. The third-order valence-electron chi connectivity index (χ3n) is 3.46. The summed E-state index contributed by atoms with van der Waals surface area (Å²) in [5.41, 5.74) is 8.29. The van der Waals surface area contributed by atoms with Gasteiger partial charge in [0, 0.05) is 31.4 Å². The zero-order valence-electron chi connectivity index (χ0n) is 10.6. The summed E-state index contributed by atoms with van der Waals surface area (Å²) in [6.45, 7) is 2.87. The quantitative estimate of drug-likeness (QED) is 0.873. The maximum atomic E-state index is 5.82. The highest BCUT2D eigenvalue weighted by atomic mass is 16.5. The maximum absolute atomic E-state index is 5.82. The van der Waals surface area contributed by atoms with Crippen molar-refractivity contribution in [1.82, 2.24) is 0 Å². The highest BCUT2D eigenvalue weighted by molar-refractivity contribution is 5.57. The van der Waals surface area contributed by atoms with Gasteiger partial charge in [-0.3, -0.25) is 0 Å². The summed E-state index contributed by atoms with van der Waals surface area (Å²) in [7, 11) is 1.71. The van der Waals surface area contributed by atoms with E-state index in [2.05, 4.69) is 17.0 Å². The fourth-order valence-corrected chi connectivity index (χ4v) is 2.45. The van der Waals surface area contributed by atoms with E-state index in [0.29, 0.717) is 6.54 Å². The van der Waals surface area contributed by atoms with Gasteiger partial charge in [0.05, 0.1) is 7.11 Å². The van der Waals surface area contributed by atoms with E-state index in [1.807, 2.05) is 6.07 Å². The van der Waals surface area contributed by atoms with E-state index in [1.54, 1.807) is 7.11 Å². The van der Waals surface area contributed by atoms with Crippen LogP contribution in [0.4, 0.5) is 5.69 Å². The van der Waals surface area contributed by atoms with Gasteiger partial charge in [0.15, 0.2) is 0 Å². The second-order valence-electron chi connectivity index (χ2n) is 4.60. The number of nitrogens with two attached hydrogens (primary N) is 1. The summed E-state index contributed by atoms with van der Waals surface area (Å²) in [5, 5.41) is 0. The second kappa shape index (κ2) is 5.92. The summed E-state index contributed by atoms with van der Waals surface area (Å²) in [4.78, 5) is 2.46. The van der Waals surface area contributed by atoms with Crippen molar-refractivity contribution in [2.75, 3.05) is 25.1 Å². The van der Waals surface area contributed by atoms with Gasteiger partial charge in [-0.15, -0.1) is 0 Å². The lowest BCUT2D eigenvalue weighted by Crippen LogP contribution is -2.25. The molecule has 2 rings (SSSR count). The minimum atomic E-state index is 0.593. The molecule has 0 saturated carbocycles. The molecule has 0 aromatic heterocycles. The minimum Gasteiger partial charge on any atom is -0.497 e. The first-order valence-corrected chi connectivity index (χ1v) is 6.47. The zero-order chi connectivity index (χ0) is 12.1. The van der Waals surface area contributed by atoms with E-state index in [-0.39, 0.29) is 0 Å². The van der Waals surface area contributed by atoms with Crippen molar-refractivity contribution in [2.45, 2.75) is 32.2 Å². The van der Waals surface area contributed by atoms with Crippen molar-refractivity contribution in [1.29, 1.82) is 0 Å². The molecule has 1 fully saturated rings. The van der Waals surface area contributed by atoms with Crippen molar-refractivity contribution in [3.05, 3.63) is 23.8 Å². The van der Waals surface area contributed by atoms with E-state index >= 15 is 0 Å². The van der Waals surface area contributed by atoms with Gasteiger partial charge in [0.25, 0.3) is 0 Å². The van der Waals surface area contributed by atoms with Crippen LogP contribution in [0.25, 0.3) is 0 Å². The molecule has 1 aromatic carbocycles. The van der Waals surface area contributed by atoms with Crippen LogP contribution in [0.15, 0.2) is 18.2 Å². The number of nitrogens with zero attached hydrogens (tertiary/aromatic N) is 1. The molecular formula is C14H22N2O. The molecule has 1 saturated heterocycles. The van der Waals surface area contributed by atoms with Crippen LogP contribution in [0.2, 0.25) is 0 Å². The molecule has 0 atom stereocenters. The van der Waals surface area contributed by atoms with Gasteiger partial charge in [-0.1, -0.05) is 18.9 Å². The smallest absolute Gasteiger partial charge is 0.120 e. The van der Waals surface area contributed by atoms with E-state index < -0.39 is 0 Å². The minimum absolute atomic E-state index is 0.593. The van der Waals surface area contributed by atoms with Gasteiger partial charge in [0.1, 0.15) is 5.75 Å². The number of rotatable bonds is 3. The number of ether oxygens (including phenoxy) is 1. The highest BCUT2D eigenvalue weighted by Crippen LogP contribution is 2.28. The van der Waals surface area contributed by atoms with Crippen LogP contribution >= 0.6 is 0 Å². The van der Waals surface area contributed by atoms with Gasteiger partial charge in [-0.25, -0.2) is 0 Å². The summed E-state index contributed by atoms with van der Waals surface area (Å²) < 4.78 is 5.31. The van der Waals surface area contributed by atoms with Crippen LogP contribution in [-0.4, -0.2) is 20.2 Å². The Morgan fingerprint density at radius 1 is 1.18 bits per heavy atom. The van der Waals surface area contributed by atoms with Crippen LogP contribution in [0.5, 0.6) is 5.75 Å². The molecule has 0 spiro atoms. The summed E-state index contributed by atoms with van der Waals surface area (Å²) in [5.74, 6) is 0.918. The standard InChI is InChI=1S/C14H22N2O/c1-17-13-7-6-12(11-15)14(10-13)16-8-4-2-3-5-9-16/h6-7,10H,2-5,8-9,11,15H2,1H3. The molecule has 1 aliphatic rings. The molecule has 0 unspecified atom stereocenters. The first-order chi connectivity index (χ1) is 8.35. The molecule has 1 aromatic rings. The predicted octanol–water partition coefficient (Wildman–Crippen LogP) is 2.53. The first-order valence-electron chi connectivity index (χ1n) is 6.47. The molecule has 0 radical (unpaired) electrons. The van der Waals surface area contributed by atoms with Crippen LogP contribution in [0.3, 0.4) is 0 Å². The fourth-order valence-electron chi connectivity index (χ4n) is 2.45. The SMILES string of the molecule is COc1ccc(CN)c(N2CCCCCC2)c1. The van der Waals surface area contributed by atoms with E-state index in [0.717, 1.165) is 18.8 Å². The molecule has 0 aliphatic carbocycles. The van der Waals surface area contributed by atoms with Gasteiger partial charge in [-0.2, -0.15) is 0 Å².